The first-order valence-corrected chi connectivity index (χ1v) is 6.40. The predicted molar refractivity (Wildman–Crippen MR) is 71.5 cm³/mol. The van der Waals surface area contributed by atoms with Gasteiger partial charge in [0, 0.05) is 5.92 Å². The van der Waals surface area contributed by atoms with E-state index in [9.17, 15) is 9.18 Å². The van der Waals surface area contributed by atoms with Crippen LogP contribution >= 0.6 is 0 Å². The van der Waals surface area contributed by atoms with Gasteiger partial charge >= 0.3 is 0 Å². The molecule has 1 atom stereocenters. The van der Waals surface area contributed by atoms with Crippen LogP contribution in [0.5, 0.6) is 0 Å². The van der Waals surface area contributed by atoms with Crippen molar-refractivity contribution < 1.29 is 13.8 Å². The minimum Gasteiger partial charge on any atom is -0.306 e. The van der Waals surface area contributed by atoms with Crippen molar-refractivity contribution in [3.63, 3.8) is 0 Å². The standard InChI is InChI=1S/C14H16FN3O2/c1-9(6-7-11-4-3-5-12(15)8-11)14(19)16-13-10(2)17-20-18-13/h3-5,8-9H,6-7H2,1-2H3,(H,16,18,19)/t9-/m1/s1. The van der Waals surface area contributed by atoms with Gasteiger partial charge in [-0.15, -0.1) is 0 Å². The number of nitrogens with one attached hydrogen (secondary N) is 1. The molecule has 0 radical (unpaired) electrons. The van der Waals surface area contributed by atoms with Gasteiger partial charge in [-0.2, -0.15) is 0 Å². The van der Waals surface area contributed by atoms with E-state index in [1.807, 2.05) is 13.0 Å². The zero-order valence-electron chi connectivity index (χ0n) is 11.4. The molecule has 1 amide bonds. The lowest BCUT2D eigenvalue weighted by molar-refractivity contribution is -0.119. The maximum Gasteiger partial charge on any atom is 0.228 e. The van der Waals surface area contributed by atoms with Crippen LogP contribution in [0, 0.1) is 18.7 Å². The third-order valence-electron chi connectivity index (χ3n) is 3.10. The summed E-state index contributed by atoms with van der Waals surface area (Å²) in [5.41, 5.74) is 1.42. The van der Waals surface area contributed by atoms with Crippen LogP contribution in [0.1, 0.15) is 24.6 Å². The van der Waals surface area contributed by atoms with Crippen molar-refractivity contribution in [2.24, 2.45) is 5.92 Å². The summed E-state index contributed by atoms with van der Waals surface area (Å²) in [6.07, 6.45) is 1.27. The molecule has 0 aliphatic carbocycles. The Labute approximate surface area is 116 Å². The minimum absolute atomic E-state index is 0.153. The largest absolute Gasteiger partial charge is 0.306 e. The van der Waals surface area contributed by atoms with Crippen molar-refractivity contribution in [1.82, 2.24) is 10.3 Å². The van der Waals surface area contributed by atoms with E-state index in [1.54, 1.807) is 13.0 Å². The maximum absolute atomic E-state index is 13.0. The van der Waals surface area contributed by atoms with Gasteiger partial charge in [-0.3, -0.25) is 4.79 Å². The third-order valence-corrected chi connectivity index (χ3v) is 3.10. The highest BCUT2D eigenvalue weighted by atomic mass is 19.1. The number of hydrogen-bond acceptors (Lipinski definition) is 4. The molecule has 5 nitrogen and oxygen atoms in total. The van der Waals surface area contributed by atoms with Crippen LogP contribution in [0.3, 0.4) is 0 Å². The summed E-state index contributed by atoms with van der Waals surface area (Å²) < 4.78 is 17.6. The molecule has 1 N–H and O–H groups in total. The smallest absolute Gasteiger partial charge is 0.228 e. The molecule has 0 aliphatic rings. The second kappa shape index (κ2) is 6.27. The average molecular weight is 277 g/mol. The van der Waals surface area contributed by atoms with Crippen LogP contribution in [0.25, 0.3) is 0 Å². The number of nitrogens with zero attached hydrogens (tertiary/aromatic N) is 2. The number of aromatic nitrogens is 2. The fraction of sp³-hybridized carbons (Fsp3) is 0.357. The summed E-state index contributed by atoms with van der Waals surface area (Å²) >= 11 is 0. The minimum atomic E-state index is -0.260. The lowest BCUT2D eigenvalue weighted by atomic mass is 10.0. The van der Waals surface area contributed by atoms with Crippen molar-refractivity contribution in [2.45, 2.75) is 26.7 Å². The fourth-order valence-corrected chi connectivity index (χ4v) is 1.79. The average Bonchev–Trinajstić information content (AvgIpc) is 2.81. The number of amides is 1. The first kappa shape index (κ1) is 14.2. The van der Waals surface area contributed by atoms with E-state index in [4.69, 9.17) is 0 Å². The first-order valence-electron chi connectivity index (χ1n) is 6.40. The maximum atomic E-state index is 13.0. The molecule has 20 heavy (non-hydrogen) atoms. The van der Waals surface area contributed by atoms with E-state index < -0.39 is 0 Å². The Balaban J connectivity index is 1.87. The Morgan fingerprint density at radius 3 is 2.90 bits per heavy atom. The predicted octanol–water partition coefficient (Wildman–Crippen LogP) is 2.72. The number of rotatable bonds is 5. The zero-order valence-corrected chi connectivity index (χ0v) is 11.4. The number of benzene rings is 1. The second-order valence-electron chi connectivity index (χ2n) is 4.76. The molecular weight excluding hydrogens is 261 g/mol. The molecule has 106 valence electrons. The van der Waals surface area contributed by atoms with Gasteiger partial charge in [-0.1, -0.05) is 24.2 Å². The van der Waals surface area contributed by atoms with Gasteiger partial charge in [0.2, 0.25) is 5.91 Å². The van der Waals surface area contributed by atoms with Gasteiger partial charge < -0.3 is 5.32 Å². The Morgan fingerprint density at radius 1 is 1.45 bits per heavy atom. The van der Waals surface area contributed by atoms with Gasteiger partial charge in [0.05, 0.1) is 0 Å². The van der Waals surface area contributed by atoms with Crippen LogP contribution in [0.2, 0.25) is 0 Å². The van der Waals surface area contributed by atoms with Crippen molar-refractivity contribution in [2.75, 3.05) is 5.32 Å². The molecule has 0 unspecified atom stereocenters. The number of aryl methyl sites for hydroxylation is 2. The first-order chi connectivity index (χ1) is 9.56. The second-order valence-corrected chi connectivity index (χ2v) is 4.76. The molecular formula is C14H16FN3O2. The van der Waals surface area contributed by atoms with Crippen molar-refractivity contribution in [1.29, 1.82) is 0 Å². The lowest BCUT2D eigenvalue weighted by Gasteiger charge is -2.10. The Kier molecular flexibility index (Phi) is 4.45. The summed E-state index contributed by atoms with van der Waals surface area (Å²) in [6.45, 7) is 3.51. The molecule has 0 spiro atoms. The molecule has 0 aliphatic heterocycles. The molecule has 0 saturated carbocycles. The molecule has 1 heterocycles. The molecule has 6 heteroatoms. The quantitative estimate of drug-likeness (QED) is 0.912. The van der Waals surface area contributed by atoms with Crippen LogP contribution in [0.4, 0.5) is 10.2 Å². The highest BCUT2D eigenvalue weighted by Gasteiger charge is 2.16. The number of hydrogen-bond donors (Lipinski definition) is 1. The Bertz CT molecular complexity index is 598. The number of carbonyl (C=O) groups excluding carboxylic acids is 1. The zero-order chi connectivity index (χ0) is 14.5. The van der Waals surface area contributed by atoms with Crippen LogP contribution < -0.4 is 5.32 Å². The van der Waals surface area contributed by atoms with E-state index in [-0.39, 0.29) is 17.6 Å². The van der Waals surface area contributed by atoms with E-state index in [0.717, 1.165) is 5.56 Å². The van der Waals surface area contributed by atoms with Crippen LogP contribution in [-0.2, 0) is 11.2 Å². The highest BCUT2D eigenvalue weighted by molar-refractivity contribution is 5.91. The molecule has 1 aromatic carbocycles. The van der Waals surface area contributed by atoms with E-state index in [0.29, 0.717) is 24.4 Å². The molecule has 0 saturated heterocycles. The molecule has 1 aromatic heterocycles. The van der Waals surface area contributed by atoms with Gasteiger partial charge in [0.15, 0.2) is 5.82 Å². The lowest BCUT2D eigenvalue weighted by Crippen LogP contribution is -2.21. The highest BCUT2D eigenvalue weighted by Crippen LogP contribution is 2.14. The van der Waals surface area contributed by atoms with Gasteiger partial charge in [0.1, 0.15) is 11.5 Å². The molecule has 0 bridgehead atoms. The number of carbonyl (C=O) groups is 1. The van der Waals surface area contributed by atoms with E-state index in [1.165, 1.54) is 12.1 Å². The SMILES string of the molecule is Cc1nonc1NC(=O)[C@H](C)CCc1cccc(F)c1. The number of anilines is 1. The van der Waals surface area contributed by atoms with Crippen molar-refractivity contribution in [3.05, 3.63) is 41.3 Å². The molecule has 2 aromatic rings. The normalized spacial score (nSPS) is 12.2. The van der Waals surface area contributed by atoms with Gasteiger partial charge in [-0.25, -0.2) is 9.02 Å². The summed E-state index contributed by atoms with van der Waals surface area (Å²) in [7, 11) is 0. The van der Waals surface area contributed by atoms with E-state index >= 15 is 0 Å². The summed E-state index contributed by atoms with van der Waals surface area (Å²) in [5.74, 6) is -0.286. The molecule has 0 fully saturated rings. The third kappa shape index (κ3) is 3.63. The summed E-state index contributed by atoms with van der Waals surface area (Å²) in [4.78, 5) is 12.0. The summed E-state index contributed by atoms with van der Waals surface area (Å²) in [6, 6.07) is 6.40. The van der Waals surface area contributed by atoms with E-state index in [2.05, 4.69) is 20.3 Å². The fourth-order valence-electron chi connectivity index (χ4n) is 1.79. The molecule has 2 rings (SSSR count). The van der Waals surface area contributed by atoms with Gasteiger partial charge in [-0.05, 0) is 42.6 Å². The van der Waals surface area contributed by atoms with Crippen molar-refractivity contribution in [3.8, 4) is 0 Å². The Hall–Kier alpha value is -2.24. The summed E-state index contributed by atoms with van der Waals surface area (Å²) in [5, 5.41) is 9.85. The van der Waals surface area contributed by atoms with Crippen LogP contribution in [-0.4, -0.2) is 16.2 Å². The monoisotopic (exact) mass is 277 g/mol. The van der Waals surface area contributed by atoms with Crippen molar-refractivity contribution >= 4 is 11.7 Å². The number of halogens is 1. The topological polar surface area (TPSA) is 68.0 Å². The van der Waals surface area contributed by atoms with Crippen LogP contribution in [0.15, 0.2) is 28.9 Å². The van der Waals surface area contributed by atoms with Gasteiger partial charge in [0.25, 0.3) is 0 Å². The Morgan fingerprint density at radius 2 is 2.25 bits per heavy atom.